The molecule has 0 radical (unpaired) electrons. The van der Waals surface area contributed by atoms with Crippen molar-refractivity contribution in [3.63, 3.8) is 0 Å². The Balaban J connectivity index is 1.43. The monoisotopic (exact) mass is 814 g/mol. The summed E-state index contributed by atoms with van der Waals surface area (Å²) in [6.07, 6.45) is 0.109. The highest BCUT2D eigenvalue weighted by Crippen LogP contribution is 2.18. The zero-order chi connectivity index (χ0) is 40.9. The maximum absolute atomic E-state index is 12.8. The van der Waals surface area contributed by atoms with Crippen LogP contribution in [-0.2, 0) is 59.4 Å². The maximum atomic E-state index is 12.8. The second-order valence-electron chi connectivity index (χ2n) is 12.6. The number of benzene rings is 3. The van der Waals surface area contributed by atoms with E-state index in [-0.39, 0.29) is 44.9 Å². The maximum Gasteiger partial charge on any atom is 0.408 e. The quantitative estimate of drug-likeness (QED) is 0.0424. The summed E-state index contributed by atoms with van der Waals surface area (Å²) in [7, 11) is 1.24. The lowest BCUT2D eigenvalue weighted by Gasteiger charge is -2.23. The van der Waals surface area contributed by atoms with Crippen LogP contribution in [0.4, 0.5) is 21.0 Å². The Bertz CT molecular complexity index is 1740. The summed E-state index contributed by atoms with van der Waals surface area (Å²) < 4.78 is 15.7. The highest BCUT2D eigenvalue weighted by Gasteiger charge is 2.23. The normalized spacial score (nSPS) is 11.6. The van der Waals surface area contributed by atoms with Gasteiger partial charge < -0.3 is 46.1 Å². The molecule has 3 rings (SSSR count). The van der Waals surface area contributed by atoms with E-state index in [0.29, 0.717) is 53.6 Å². The third-order valence-corrected chi connectivity index (χ3v) is 8.59. The standard InChI is InChI=1S/C39H48Cl2N6O9/c1-26(48)44-33(4-3-19-43-38(42)52)36(50)45-31-13-9-30(10-14-31)24-55-35(49)23-28-5-7-29(8-6-28)25-56-39(53)46-34(37(51)54-2)22-27-11-15-32(16-12-27)47(20-17-40)21-18-41/h5-16,33-34H,3-4,17-25H2,1-2H3,(H,44,48)(H,45,50)(H,46,53)(H3,42,43,52)/t33-,34?/m0/s1. The topological polar surface area (TPSA) is 207 Å². The molecule has 0 fully saturated rings. The number of alkyl carbamates (subject to hydrolysis) is 1. The van der Waals surface area contributed by atoms with Gasteiger partial charge in [-0.2, -0.15) is 0 Å². The third kappa shape index (κ3) is 16.4. The number of nitrogens with zero attached hydrogens (tertiary/aromatic N) is 1. The molecule has 0 spiro atoms. The number of carbonyl (C=O) groups excluding carboxylic acids is 6. The van der Waals surface area contributed by atoms with Gasteiger partial charge in [-0.15, -0.1) is 23.2 Å². The van der Waals surface area contributed by atoms with E-state index in [2.05, 4.69) is 26.2 Å². The molecule has 3 aromatic carbocycles. The summed E-state index contributed by atoms with van der Waals surface area (Å²) in [6, 6.07) is 18.7. The molecule has 302 valence electrons. The van der Waals surface area contributed by atoms with Crippen molar-refractivity contribution in [3.8, 4) is 0 Å². The van der Waals surface area contributed by atoms with Crippen molar-refractivity contribution in [3.05, 3.63) is 95.1 Å². The predicted molar refractivity (Wildman–Crippen MR) is 212 cm³/mol. The molecule has 0 saturated heterocycles. The molecule has 0 aliphatic rings. The van der Waals surface area contributed by atoms with Crippen LogP contribution < -0.4 is 31.9 Å². The summed E-state index contributed by atoms with van der Waals surface area (Å²) in [4.78, 5) is 74.9. The molecular formula is C39H48Cl2N6O9. The van der Waals surface area contributed by atoms with E-state index >= 15 is 0 Å². The molecule has 15 nitrogen and oxygen atoms in total. The lowest BCUT2D eigenvalue weighted by molar-refractivity contribution is -0.144. The van der Waals surface area contributed by atoms with Crippen molar-refractivity contribution < 1.29 is 43.0 Å². The third-order valence-electron chi connectivity index (χ3n) is 8.25. The molecule has 5 amide bonds. The van der Waals surface area contributed by atoms with E-state index in [1.54, 1.807) is 48.5 Å². The molecule has 0 bridgehead atoms. The average molecular weight is 816 g/mol. The lowest BCUT2D eigenvalue weighted by Crippen LogP contribution is -2.43. The first kappa shape index (κ1) is 44.9. The number of hydrogen-bond donors (Lipinski definition) is 5. The zero-order valence-electron chi connectivity index (χ0n) is 31.3. The molecular weight excluding hydrogens is 767 g/mol. The highest BCUT2D eigenvalue weighted by atomic mass is 35.5. The van der Waals surface area contributed by atoms with Crippen LogP contribution in [-0.4, -0.2) is 86.5 Å². The largest absolute Gasteiger partial charge is 0.467 e. The Morgan fingerprint density at radius 2 is 1.32 bits per heavy atom. The molecule has 56 heavy (non-hydrogen) atoms. The molecule has 2 atom stereocenters. The Morgan fingerprint density at radius 1 is 0.750 bits per heavy atom. The number of halogens is 2. The summed E-state index contributed by atoms with van der Waals surface area (Å²) in [5.41, 5.74) is 9.32. The number of methoxy groups -OCH3 is 1. The van der Waals surface area contributed by atoms with Crippen LogP contribution in [0.5, 0.6) is 0 Å². The summed E-state index contributed by atoms with van der Waals surface area (Å²) in [6.45, 7) is 2.78. The predicted octanol–water partition coefficient (Wildman–Crippen LogP) is 4.16. The van der Waals surface area contributed by atoms with E-state index < -0.39 is 42.1 Å². The van der Waals surface area contributed by atoms with Crippen LogP contribution in [0.3, 0.4) is 0 Å². The molecule has 0 saturated carbocycles. The van der Waals surface area contributed by atoms with Crippen LogP contribution in [0.1, 0.15) is 42.0 Å². The number of carbonyl (C=O) groups is 6. The number of nitrogens with two attached hydrogens (primary N) is 1. The van der Waals surface area contributed by atoms with Crippen molar-refractivity contribution >= 4 is 70.5 Å². The van der Waals surface area contributed by atoms with Gasteiger partial charge >= 0.3 is 24.1 Å². The fraction of sp³-hybridized carbons (Fsp3) is 0.385. The van der Waals surface area contributed by atoms with E-state index in [4.69, 9.17) is 43.1 Å². The Morgan fingerprint density at radius 3 is 1.89 bits per heavy atom. The van der Waals surface area contributed by atoms with Gasteiger partial charge in [0.05, 0.1) is 13.5 Å². The fourth-order valence-corrected chi connectivity index (χ4v) is 5.81. The molecule has 6 N–H and O–H groups in total. The van der Waals surface area contributed by atoms with Crippen molar-refractivity contribution in [2.24, 2.45) is 5.73 Å². The number of nitrogens with one attached hydrogen (secondary N) is 4. The summed E-state index contributed by atoms with van der Waals surface area (Å²) in [5.74, 6) is -0.963. The molecule has 1 unspecified atom stereocenters. The van der Waals surface area contributed by atoms with Gasteiger partial charge in [0, 0.05) is 56.1 Å². The summed E-state index contributed by atoms with van der Waals surface area (Å²) in [5, 5.41) is 10.4. The van der Waals surface area contributed by atoms with E-state index in [1.165, 1.54) is 14.0 Å². The Kier molecular flexibility index (Phi) is 19.3. The first-order valence-corrected chi connectivity index (χ1v) is 18.9. The average Bonchev–Trinajstić information content (AvgIpc) is 3.18. The number of primary amides is 1. The number of amides is 5. The van der Waals surface area contributed by atoms with E-state index in [1.807, 2.05) is 24.3 Å². The van der Waals surface area contributed by atoms with Crippen LogP contribution in [0.15, 0.2) is 72.8 Å². The van der Waals surface area contributed by atoms with E-state index in [0.717, 1.165) is 11.3 Å². The highest BCUT2D eigenvalue weighted by molar-refractivity contribution is 6.18. The van der Waals surface area contributed by atoms with Crippen LogP contribution in [0.25, 0.3) is 0 Å². The smallest absolute Gasteiger partial charge is 0.408 e. The molecule has 0 heterocycles. The first-order valence-electron chi connectivity index (χ1n) is 17.8. The van der Waals surface area contributed by atoms with Gasteiger partial charge in [0.1, 0.15) is 25.3 Å². The number of esters is 2. The van der Waals surface area contributed by atoms with Crippen LogP contribution >= 0.6 is 23.2 Å². The van der Waals surface area contributed by atoms with Gasteiger partial charge in [0.25, 0.3) is 0 Å². The van der Waals surface area contributed by atoms with Gasteiger partial charge in [-0.1, -0.05) is 48.5 Å². The minimum Gasteiger partial charge on any atom is -0.467 e. The lowest BCUT2D eigenvalue weighted by atomic mass is 10.1. The Hall–Kier alpha value is -5.54. The first-order chi connectivity index (χ1) is 26.9. The van der Waals surface area contributed by atoms with E-state index in [9.17, 15) is 28.8 Å². The van der Waals surface area contributed by atoms with Crippen molar-refractivity contribution in [1.82, 2.24) is 16.0 Å². The number of alkyl halides is 2. The summed E-state index contributed by atoms with van der Waals surface area (Å²) >= 11 is 11.8. The van der Waals surface area contributed by atoms with Gasteiger partial charge in [-0.3, -0.25) is 14.4 Å². The fourth-order valence-electron chi connectivity index (χ4n) is 5.40. The van der Waals surface area contributed by atoms with Crippen LogP contribution in [0, 0.1) is 0 Å². The minimum atomic E-state index is -0.975. The molecule has 0 aromatic heterocycles. The molecule has 3 aromatic rings. The molecule has 17 heteroatoms. The van der Waals surface area contributed by atoms with Crippen molar-refractivity contribution in [2.45, 2.75) is 57.9 Å². The number of hydrogen-bond acceptors (Lipinski definition) is 10. The van der Waals surface area contributed by atoms with Crippen molar-refractivity contribution in [1.29, 1.82) is 0 Å². The molecule has 0 aliphatic carbocycles. The number of rotatable bonds is 22. The zero-order valence-corrected chi connectivity index (χ0v) is 32.8. The SMILES string of the molecule is COC(=O)C(Cc1ccc(N(CCCl)CCCl)cc1)NC(=O)OCc1ccc(CC(=O)OCc2ccc(NC(=O)[C@H](CCCNC(N)=O)NC(C)=O)cc2)cc1. The van der Waals surface area contributed by atoms with Gasteiger partial charge in [0.2, 0.25) is 11.8 Å². The second-order valence-corrected chi connectivity index (χ2v) is 13.3. The molecule has 0 aliphatic heterocycles. The van der Waals surface area contributed by atoms with Gasteiger partial charge in [-0.25, -0.2) is 14.4 Å². The minimum absolute atomic E-state index is 0.00843. The van der Waals surface area contributed by atoms with Gasteiger partial charge in [0.15, 0.2) is 0 Å². The van der Waals surface area contributed by atoms with Crippen molar-refractivity contribution in [2.75, 3.05) is 48.7 Å². The van der Waals surface area contributed by atoms with Gasteiger partial charge in [-0.05, 0) is 59.4 Å². The number of urea groups is 1. The Labute approximate surface area is 335 Å². The number of ether oxygens (including phenoxy) is 3. The second kappa shape index (κ2) is 24.1. The number of anilines is 2. The van der Waals surface area contributed by atoms with Crippen LogP contribution in [0.2, 0.25) is 0 Å².